The van der Waals surface area contributed by atoms with Gasteiger partial charge in [0.2, 0.25) is 0 Å². The van der Waals surface area contributed by atoms with Crippen molar-refractivity contribution >= 4 is 52.2 Å². The van der Waals surface area contributed by atoms with E-state index in [2.05, 4.69) is 205 Å². The second-order valence-corrected chi connectivity index (χ2v) is 14.4. The maximum atomic E-state index is 5.11. The highest BCUT2D eigenvalue weighted by atomic mass is 15.0. The standard InChI is InChI=1S/C55H46N4/c1-5-20-53-48(6-2)50-27-16-18-29-54(50)59(53)47-38-45(37-46(39-47)58-36-19-9-10-21-40(3)49-26-15-17-28-52(49)58)42-31-33-43(34-32-42)51(35-30-41-22-11-7-12-23-41)57-55(56-4)44-24-13-8-14-25-44/h5-29,31-39H,2,4,30H2,1,3H3/b10-9?,20-5-,36-19?,40-21?,51-35-,57-55?. The number of rotatable bonds is 10. The number of amidine groups is 1. The molecule has 6 aromatic carbocycles. The summed E-state index contributed by atoms with van der Waals surface area (Å²) in [5.74, 6) is 0.582. The van der Waals surface area contributed by atoms with Crippen molar-refractivity contribution in [1.82, 2.24) is 9.13 Å². The number of aryl methyl sites for hydroxylation is 1. The summed E-state index contributed by atoms with van der Waals surface area (Å²) in [6.07, 6.45) is 11.3. The zero-order chi connectivity index (χ0) is 40.6. The number of aliphatic imine (C=N–C) groups is 2. The van der Waals surface area contributed by atoms with Crippen molar-refractivity contribution < 1.29 is 0 Å². The summed E-state index contributed by atoms with van der Waals surface area (Å²) in [6.45, 7) is 12.4. The Kier molecular flexibility index (Phi) is 11.5. The Labute approximate surface area is 347 Å². The summed E-state index contributed by atoms with van der Waals surface area (Å²) in [4.78, 5) is 9.46. The minimum absolute atomic E-state index is 0.582. The SMILES string of the molecule is C=Cc1c(/C=C\C)n(-c2cc(-c3ccc(/C(=C/Cc4ccccc4)N=C(N=C)c4ccccc4)cc3)cc(-n3cccccc(C)c4ccccc43)c2)c2ccccc12. The monoisotopic (exact) mass is 762 g/mol. The van der Waals surface area contributed by atoms with Crippen molar-refractivity contribution in [2.45, 2.75) is 20.3 Å². The smallest absolute Gasteiger partial charge is 0.159 e. The molecule has 0 aliphatic heterocycles. The fourth-order valence-corrected chi connectivity index (χ4v) is 7.72. The molecule has 0 aliphatic rings. The lowest BCUT2D eigenvalue weighted by atomic mass is 10.0. The molecule has 4 nitrogen and oxygen atoms in total. The largest absolute Gasteiger partial charge is 0.316 e. The minimum Gasteiger partial charge on any atom is -0.316 e. The van der Waals surface area contributed by atoms with E-state index in [0.717, 1.165) is 73.4 Å². The summed E-state index contributed by atoms with van der Waals surface area (Å²) >= 11 is 0. The zero-order valence-corrected chi connectivity index (χ0v) is 33.5. The third kappa shape index (κ3) is 8.16. The average Bonchev–Trinajstić information content (AvgIpc) is 3.64. The molecule has 0 bridgehead atoms. The van der Waals surface area contributed by atoms with Crippen molar-refractivity contribution in [1.29, 1.82) is 0 Å². The number of benzene rings is 6. The van der Waals surface area contributed by atoms with Crippen LogP contribution in [0.15, 0.2) is 211 Å². The number of fused-ring (bicyclic) bond motifs is 2. The molecule has 0 unspecified atom stereocenters. The molecule has 0 atom stereocenters. The molecule has 0 radical (unpaired) electrons. The van der Waals surface area contributed by atoms with Crippen molar-refractivity contribution in [2.24, 2.45) is 9.98 Å². The van der Waals surface area contributed by atoms with Crippen molar-refractivity contribution in [3.05, 3.63) is 234 Å². The van der Waals surface area contributed by atoms with Crippen LogP contribution in [0.25, 0.3) is 62.2 Å². The fraction of sp³-hybridized carbons (Fsp3) is 0.0545. The van der Waals surface area contributed by atoms with Crippen LogP contribution in [-0.4, -0.2) is 21.7 Å². The number of hydrogen-bond acceptors (Lipinski definition) is 1. The van der Waals surface area contributed by atoms with E-state index in [-0.39, 0.29) is 0 Å². The number of para-hydroxylation sites is 2. The van der Waals surface area contributed by atoms with E-state index in [1.54, 1.807) is 0 Å². The van der Waals surface area contributed by atoms with Crippen molar-refractivity contribution in [3.8, 4) is 22.5 Å². The second kappa shape index (κ2) is 17.7. The van der Waals surface area contributed by atoms with Crippen LogP contribution in [0.5, 0.6) is 0 Å². The molecule has 0 amide bonds. The van der Waals surface area contributed by atoms with Gasteiger partial charge in [0.1, 0.15) is 0 Å². The molecule has 4 heteroatoms. The fourth-order valence-electron chi connectivity index (χ4n) is 7.72. The third-order valence-electron chi connectivity index (χ3n) is 10.6. The van der Waals surface area contributed by atoms with Crippen LogP contribution in [0.4, 0.5) is 0 Å². The number of hydrogen-bond donors (Lipinski definition) is 0. The molecule has 59 heavy (non-hydrogen) atoms. The molecule has 2 heterocycles. The van der Waals surface area contributed by atoms with E-state index in [9.17, 15) is 0 Å². The number of allylic oxidation sites excluding steroid dienone is 2. The Bertz CT molecular complexity index is 2940. The lowest BCUT2D eigenvalue weighted by molar-refractivity contribution is 1.07. The first kappa shape index (κ1) is 38.3. The van der Waals surface area contributed by atoms with E-state index in [1.165, 1.54) is 16.5 Å². The van der Waals surface area contributed by atoms with Gasteiger partial charge < -0.3 is 9.13 Å². The summed E-state index contributed by atoms with van der Waals surface area (Å²) in [5.41, 5.74) is 13.8. The first-order valence-corrected chi connectivity index (χ1v) is 20.0. The molecule has 286 valence electrons. The van der Waals surface area contributed by atoms with Crippen LogP contribution in [0.2, 0.25) is 0 Å². The molecule has 8 rings (SSSR count). The van der Waals surface area contributed by atoms with Gasteiger partial charge in [0.05, 0.1) is 22.4 Å². The van der Waals surface area contributed by atoms with Gasteiger partial charge in [-0.3, -0.25) is 0 Å². The molecule has 2 aromatic heterocycles. The molecule has 8 aromatic rings. The molecule has 0 N–H and O–H groups in total. The molecule has 0 spiro atoms. The maximum Gasteiger partial charge on any atom is 0.159 e. The van der Waals surface area contributed by atoms with E-state index in [0.29, 0.717) is 5.84 Å². The van der Waals surface area contributed by atoms with Gasteiger partial charge in [-0.25, -0.2) is 9.98 Å². The van der Waals surface area contributed by atoms with Crippen LogP contribution in [-0.2, 0) is 6.42 Å². The molecule has 0 saturated heterocycles. The molecular weight excluding hydrogens is 717 g/mol. The highest BCUT2D eigenvalue weighted by molar-refractivity contribution is 6.04. The van der Waals surface area contributed by atoms with Gasteiger partial charge in [0.25, 0.3) is 0 Å². The number of aromatic nitrogens is 2. The summed E-state index contributed by atoms with van der Waals surface area (Å²) in [6, 6.07) is 61.7. The molecular formula is C55H46N4. The van der Waals surface area contributed by atoms with Crippen LogP contribution in [0.1, 0.15) is 40.4 Å². The quantitative estimate of drug-likeness (QED) is 0.0982. The van der Waals surface area contributed by atoms with Gasteiger partial charge in [-0.1, -0.05) is 164 Å². The van der Waals surface area contributed by atoms with Crippen LogP contribution >= 0.6 is 0 Å². The Balaban J connectivity index is 1.34. The average molecular weight is 763 g/mol. The Morgan fingerprint density at radius 3 is 2.00 bits per heavy atom. The summed E-state index contributed by atoms with van der Waals surface area (Å²) in [7, 11) is 0. The highest BCUT2D eigenvalue weighted by Gasteiger charge is 2.17. The first-order valence-electron chi connectivity index (χ1n) is 20.0. The minimum atomic E-state index is 0.582. The Morgan fingerprint density at radius 1 is 0.627 bits per heavy atom. The van der Waals surface area contributed by atoms with E-state index >= 15 is 0 Å². The molecule has 0 fully saturated rings. The Morgan fingerprint density at radius 2 is 1.27 bits per heavy atom. The second-order valence-electron chi connectivity index (χ2n) is 14.4. The normalized spacial score (nSPS) is 11.9. The van der Waals surface area contributed by atoms with Crippen LogP contribution in [0, 0.1) is 6.92 Å². The maximum absolute atomic E-state index is 5.11. The van der Waals surface area contributed by atoms with E-state index < -0.39 is 0 Å². The first-order chi connectivity index (χ1) is 29.1. The highest BCUT2D eigenvalue weighted by Crippen LogP contribution is 2.35. The summed E-state index contributed by atoms with van der Waals surface area (Å²) < 4.78 is 4.66. The van der Waals surface area contributed by atoms with Crippen LogP contribution < -0.4 is 0 Å². The van der Waals surface area contributed by atoms with E-state index in [1.807, 2.05) is 42.5 Å². The topological polar surface area (TPSA) is 34.6 Å². The summed E-state index contributed by atoms with van der Waals surface area (Å²) in [5, 5.41) is 2.33. The number of nitrogens with zero attached hydrogens (tertiary/aromatic N) is 4. The predicted octanol–water partition coefficient (Wildman–Crippen LogP) is 14.1. The van der Waals surface area contributed by atoms with E-state index in [4.69, 9.17) is 4.99 Å². The predicted molar refractivity (Wildman–Crippen MR) is 253 cm³/mol. The van der Waals surface area contributed by atoms with Crippen LogP contribution in [0.3, 0.4) is 0 Å². The van der Waals surface area contributed by atoms with Gasteiger partial charge in [-0.15, -0.1) is 0 Å². The van der Waals surface area contributed by atoms with Crippen molar-refractivity contribution in [3.63, 3.8) is 0 Å². The van der Waals surface area contributed by atoms with Crippen molar-refractivity contribution in [2.75, 3.05) is 0 Å². The van der Waals surface area contributed by atoms with Gasteiger partial charge in [0, 0.05) is 39.5 Å². The molecule has 0 saturated carbocycles. The van der Waals surface area contributed by atoms with Gasteiger partial charge >= 0.3 is 0 Å². The Hall–Kier alpha value is -7.56. The zero-order valence-electron chi connectivity index (χ0n) is 33.5. The van der Waals surface area contributed by atoms with Gasteiger partial charge in [-0.2, -0.15) is 0 Å². The lowest BCUT2D eigenvalue weighted by Crippen LogP contribution is -2.02. The van der Waals surface area contributed by atoms with Gasteiger partial charge in [-0.05, 0) is 97.3 Å². The molecule has 0 aliphatic carbocycles. The third-order valence-corrected chi connectivity index (χ3v) is 10.6. The lowest BCUT2D eigenvalue weighted by Gasteiger charge is -2.17. The van der Waals surface area contributed by atoms with Gasteiger partial charge in [0.15, 0.2) is 5.84 Å².